The van der Waals surface area contributed by atoms with Gasteiger partial charge in [0.2, 0.25) is 5.91 Å². The Morgan fingerprint density at radius 3 is 2.68 bits per heavy atom. The average Bonchev–Trinajstić information content (AvgIpc) is 2.97. The number of benzene rings is 2. The Kier molecular flexibility index (Phi) is 4.99. The van der Waals surface area contributed by atoms with Gasteiger partial charge >= 0.3 is 6.18 Å². The maximum Gasteiger partial charge on any atom is 0.409 e. The minimum Gasteiger partial charge on any atom is -0.288 e. The highest BCUT2D eigenvalue weighted by molar-refractivity contribution is 5.86. The number of carbonyl (C=O) groups is 1. The van der Waals surface area contributed by atoms with Crippen LogP contribution < -0.4 is 5.43 Å². The van der Waals surface area contributed by atoms with Gasteiger partial charge in [-0.05, 0) is 40.8 Å². The molecule has 1 aliphatic heterocycles. The summed E-state index contributed by atoms with van der Waals surface area (Å²) in [6.45, 7) is 2.14. The van der Waals surface area contributed by atoms with Crippen molar-refractivity contribution in [1.82, 2.24) is 10.4 Å². The van der Waals surface area contributed by atoms with Gasteiger partial charge in [-0.1, -0.05) is 43.7 Å². The molecule has 134 valence electrons. The van der Waals surface area contributed by atoms with Crippen molar-refractivity contribution >= 4 is 16.7 Å². The summed E-state index contributed by atoms with van der Waals surface area (Å²) in [7, 11) is 0. The maximum atomic E-state index is 13.7. The molecule has 0 unspecified atom stereocenters. The zero-order chi connectivity index (χ0) is 18.0. The number of fused-ring (bicyclic) bond motifs is 1. The van der Waals surface area contributed by atoms with Gasteiger partial charge in [0.05, 0.1) is 0 Å². The number of rotatable bonds is 5. The quantitative estimate of drug-likeness (QED) is 0.860. The van der Waals surface area contributed by atoms with Crippen molar-refractivity contribution in [3.63, 3.8) is 0 Å². The molecule has 1 amide bonds. The Bertz CT molecular complexity index is 773. The third kappa shape index (κ3) is 3.79. The molecule has 1 heterocycles. The molecule has 0 aliphatic carbocycles. The Labute approximate surface area is 144 Å². The Morgan fingerprint density at radius 1 is 1.24 bits per heavy atom. The van der Waals surface area contributed by atoms with E-state index >= 15 is 0 Å². The molecule has 3 nitrogen and oxygen atoms in total. The number of hydrogen-bond donors (Lipinski definition) is 1. The highest BCUT2D eigenvalue weighted by Gasteiger charge is 2.46. The van der Waals surface area contributed by atoms with Crippen LogP contribution in [0.25, 0.3) is 10.8 Å². The first-order valence-electron chi connectivity index (χ1n) is 8.54. The summed E-state index contributed by atoms with van der Waals surface area (Å²) in [6, 6.07) is 8.86. The van der Waals surface area contributed by atoms with Crippen molar-refractivity contribution in [2.24, 2.45) is 0 Å². The predicted molar refractivity (Wildman–Crippen MR) is 90.8 cm³/mol. The summed E-state index contributed by atoms with van der Waals surface area (Å²) in [5.74, 6) is -0.376. The molecule has 1 N–H and O–H groups in total. The summed E-state index contributed by atoms with van der Waals surface area (Å²) in [5.41, 5.74) is 3.55. The molecule has 1 aliphatic rings. The van der Waals surface area contributed by atoms with E-state index in [0.717, 1.165) is 40.6 Å². The lowest BCUT2D eigenvalue weighted by molar-refractivity contribution is -0.191. The van der Waals surface area contributed by atoms with Gasteiger partial charge in [-0.15, -0.1) is 0 Å². The minimum atomic E-state index is -4.47. The molecule has 1 atom stereocenters. The second kappa shape index (κ2) is 7.04. The number of hydrogen-bond acceptors (Lipinski definition) is 2. The van der Waals surface area contributed by atoms with E-state index in [1.54, 1.807) is 12.1 Å². The maximum absolute atomic E-state index is 13.7. The molecule has 3 rings (SSSR count). The second-order valence-corrected chi connectivity index (χ2v) is 6.42. The normalized spacial score (nSPS) is 17.0. The summed E-state index contributed by atoms with van der Waals surface area (Å²) in [4.78, 5) is 11.4. The van der Waals surface area contributed by atoms with E-state index in [1.807, 2.05) is 18.2 Å². The van der Waals surface area contributed by atoms with Crippen LogP contribution in [0.1, 0.15) is 43.4 Å². The number of carbonyl (C=O) groups excluding carboxylic acids is 1. The van der Waals surface area contributed by atoms with Crippen LogP contribution in [-0.4, -0.2) is 23.6 Å². The standard InChI is InChI=1S/C19H21F3N2O/c1-2-3-5-13-6-4-7-14-8-9-15(12-16(13)14)18(19(20,21)22)24-11-10-17(25)23-24/h4,6-9,12,18H,2-3,5,10-11H2,1H3,(H,23,25)/t18-/m0/s1. The molecule has 6 heteroatoms. The van der Waals surface area contributed by atoms with E-state index in [4.69, 9.17) is 0 Å². The van der Waals surface area contributed by atoms with Gasteiger partial charge in [-0.25, -0.2) is 5.01 Å². The molecule has 0 radical (unpaired) electrons. The SMILES string of the molecule is CCCCc1cccc2ccc([C@H](N3CCC(=O)N3)C(F)(F)F)cc12. The van der Waals surface area contributed by atoms with Crippen LogP contribution >= 0.6 is 0 Å². The van der Waals surface area contributed by atoms with Crippen LogP contribution in [0.3, 0.4) is 0 Å². The first-order chi connectivity index (χ1) is 11.9. The van der Waals surface area contributed by atoms with Crippen LogP contribution in [0.15, 0.2) is 36.4 Å². The average molecular weight is 350 g/mol. The minimum absolute atomic E-state index is 0.0541. The molecular weight excluding hydrogens is 329 g/mol. The van der Waals surface area contributed by atoms with Crippen LogP contribution in [0.4, 0.5) is 13.2 Å². The van der Waals surface area contributed by atoms with Crippen molar-refractivity contribution in [3.8, 4) is 0 Å². The fourth-order valence-corrected chi connectivity index (χ4v) is 3.34. The van der Waals surface area contributed by atoms with Crippen LogP contribution in [0, 0.1) is 0 Å². The molecule has 25 heavy (non-hydrogen) atoms. The monoisotopic (exact) mass is 350 g/mol. The van der Waals surface area contributed by atoms with Gasteiger partial charge in [-0.2, -0.15) is 13.2 Å². The third-order valence-electron chi connectivity index (χ3n) is 4.58. The number of amides is 1. The molecule has 1 saturated heterocycles. The lowest BCUT2D eigenvalue weighted by Crippen LogP contribution is -2.43. The largest absolute Gasteiger partial charge is 0.409 e. The molecule has 0 spiro atoms. The van der Waals surface area contributed by atoms with Crippen LogP contribution in [0.5, 0.6) is 0 Å². The topological polar surface area (TPSA) is 32.3 Å². The molecule has 0 bridgehead atoms. The lowest BCUT2D eigenvalue weighted by atomic mass is 9.96. The number of nitrogens with zero attached hydrogens (tertiary/aromatic N) is 1. The number of hydrazine groups is 1. The zero-order valence-corrected chi connectivity index (χ0v) is 14.1. The third-order valence-corrected chi connectivity index (χ3v) is 4.58. The van der Waals surface area contributed by atoms with Gasteiger partial charge in [0.1, 0.15) is 6.04 Å². The van der Waals surface area contributed by atoms with E-state index in [1.165, 1.54) is 6.07 Å². The van der Waals surface area contributed by atoms with E-state index in [2.05, 4.69) is 12.3 Å². The van der Waals surface area contributed by atoms with E-state index in [-0.39, 0.29) is 24.4 Å². The molecule has 0 aromatic heterocycles. The van der Waals surface area contributed by atoms with Crippen molar-refractivity contribution in [3.05, 3.63) is 47.5 Å². The predicted octanol–water partition coefficient (Wildman–Crippen LogP) is 4.52. The highest BCUT2D eigenvalue weighted by atomic mass is 19.4. The molecule has 0 saturated carbocycles. The molecule has 2 aromatic carbocycles. The van der Waals surface area contributed by atoms with E-state index in [9.17, 15) is 18.0 Å². The van der Waals surface area contributed by atoms with Crippen molar-refractivity contribution < 1.29 is 18.0 Å². The Balaban J connectivity index is 2.04. The van der Waals surface area contributed by atoms with Crippen LogP contribution in [0.2, 0.25) is 0 Å². The fraction of sp³-hybridized carbons (Fsp3) is 0.421. The summed E-state index contributed by atoms with van der Waals surface area (Å²) in [6.07, 6.45) is -1.52. The van der Waals surface area contributed by atoms with Crippen molar-refractivity contribution in [2.75, 3.05) is 6.54 Å². The Morgan fingerprint density at radius 2 is 2.04 bits per heavy atom. The van der Waals surface area contributed by atoms with Crippen molar-refractivity contribution in [2.45, 2.75) is 44.8 Å². The molecular formula is C19H21F3N2O. The van der Waals surface area contributed by atoms with E-state index < -0.39 is 12.2 Å². The zero-order valence-electron chi connectivity index (χ0n) is 14.1. The van der Waals surface area contributed by atoms with Gasteiger partial charge in [0.25, 0.3) is 0 Å². The number of nitrogens with one attached hydrogen (secondary N) is 1. The summed E-state index contributed by atoms with van der Waals surface area (Å²) < 4.78 is 41.1. The lowest BCUT2D eigenvalue weighted by Gasteiger charge is -2.29. The van der Waals surface area contributed by atoms with Crippen LogP contribution in [-0.2, 0) is 11.2 Å². The second-order valence-electron chi connectivity index (χ2n) is 6.42. The summed E-state index contributed by atoms with van der Waals surface area (Å²) >= 11 is 0. The van der Waals surface area contributed by atoms with Gasteiger partial charge < -0.3 is 0 Å². The first kappa shape index (κ1) is 17.7. The van der Waals surface area contributed by atoms with Gasteiger partial charge in [0, 0.05) is 13.0 Å². The van der Waals surface area contributed by atoms with Gasteiger partial charge in [-0.3, -0.25) is 10.2 Å². The Hall–Kier alpha value is -2.08. The molecule has 2 aromatic rings. The summed E-state index contributed by atoms with van der Waals surface area (Å²) in [5, 5.41) is 2.79. The number of aryl methyl sites for hydroxylation is 1. The number of halogens is 3. The van der Waals surface area contributed by atoms with Crippen molar-refractivity contribution in [1.29, 1.82) is 0 Å². The first-order valence-corrected chi connectivity index (χ1v) is 8.54. The fourth-order valence-electron chi connectivity index (χ4n) is 3.34. The number of unbranched alkanes of at least 4 members (excludes halogenated alkanes) is 1. The molecule has 1 fully saturated rings. The van der Waals surface area contributed by atoms with E-state index in [0.29, 0.717) is 0 Å². The number of alkyl halides is 3. The highest BCUT2D eigenvalue weighted by Crippen LogP contribution is 2.39. The smallest absolute Gasteiger partial charge is 0.288 e. The van der Waals surface area contributed by atoms with Gasteiger partial charge in [0.15, 0.2) is 0 Å².